The normalized spacial score (nSPS) is 19.4. The number of carbonyl (C=O) groups excluding carboxylic acids is 3. The first-order valence-corrected chi connectivity index (χ1v) is 9.48. The van der Waals surface area contributed by atoms with Gasteiger partial charge in [0.15, 0.2) is 0 Å². The van der Waals surface area contributed by atoms with Gasteiger partial charge in [-0.3, -0.25) is 4.90 Å². The Hall–Kier alpha value is -3.05. The van der Waals surface area contributed by atoms with E-state index in [1.165, 1.54) is 12.0 Å². The van der Waals surface area contributed by atoms with Crippen LogP contribution in [0.2, 0.25) is 0 Å². The van der Waals surface area contributed by atoms with E-state index in [4.69, 9.17) is 9.47 Å². The Morgan fingerprint density at radius 2 is 1.87 bits per heavy atom. The predicted octanol–water partition coefficient (Wildman–Crippen LogP) is 3.16. The van der Waals surface area contributed by atoms with Crippen molar-refractivity contribution in [1.29, 1.82) is 0 Å². The van der Waals surface area contributed by atoms with Crippen LogP contribution in [0.25, 0.3) is 0 Å². The molecule has 0 spiro atoms. The molecule has 1 fully saturated rings. The van der Waals surface area contributed by atoms with Crippen molar-refractivity contribution in [3.63, 3.8) is 0 Å². The van der Waals surface area contributed by atoms with Crippen LogP contribution in [0, 0.1) is 0 Å². The number of likely N-dealkylation sites (tertiary alicyclic amines) is 1. The van der Waals surface area contributed by atoms with Crippen molar-refractivity contribution in [1.82, 2.24) is 15.2 Å². The summed E-state index contributed by atoms with van der Waals surface area (Å²) in [4.78, 5) is 41.3. The summed E-state index contributed by atoms with van der Waals surface area (Å²) in [5.41, 5.74) is -1.75. The summed E-state index contributed by atoms with van der Waals surface area (Å²) in [5.74, 6) is -0.648. The minimum atomic E-state index is -4.58. The first-order valence-electron chi connectivity index (χ1n) is 9.48. The molecule has 1 aromatic heterocycles. The van der Waals surface area contributed by atoms with Crippen molar-refractivity contribution >= 4 is 23.8 Å². The number of carbonyl (C=O) groups is 3. The van der Waals surface area contributed by atoms with E-state index < -0.39 is 47.6 Å². The van der Waals surface area contributed by atoms with Crippen LogP contribution in [0.3, 0.4) is 0 Å². The Labute approximate surface area is 177 Å². The third kappa shape index (κ3) is 7.00. The summed E-state index contributed by atoms with van der Waals surface area (Å²) < 4.78 is 47.8. The van der Waals surface area contributed by atoms with Gasteiger partial charge in [-0.25, -0.2) is 19.4 Å². The first-order chi connectivity index (χ1) is 14.3. The van der Waals surface area contributed by atoms with Crippen LogP contribution in [-0.2, 0) is 20.4 Å². The maximum atomic E-state index is 12.6. The number of amides is 3. The molecule has 2 heterocycles. The summed E-state index contributed by atoms with van der Waals surface area (Å²) in [5, 5.41) is 5.03. The topological polar surface area (TPSA) is 110 Å². The summed E-state index contributed by atoms with van der Waals surface area (Å²) in [6.45, 7) is 5.24. The van der Waals surface area contributed by atoms with Gasteiger partial charge in [0.25, 0.3) is 0 Å². The third-order valence-electron chi connectivity index (χ3n) is 4.35. The number of urea groups is 1. The van der Waals surface area contributed by atoms with Gasteiger partial charge in [0.2, 0.25) is 0 Å². The number of anilines is 1. The van der Waals surface area contributed by atoms with Gasteiger partial charge in [0, 0.05) is 12.6 Å². The molecule has 0 bridgehead atoms. The van der Waals surface area contributed by atoms with Gasteiger partial charge in [-0.15, -0.1) is 0 Å². The Bertz CT molecular complexity index is 808. The van der Waals surface area contributed by atoms with Gasteiger partial charge in [-0.05, 0) is 45.7 Å². The fourth-order valence-corrected chi connectivity index (χ4v) is 2.98. The standard InChI is InChI=1S/C19H25F3N4O5/c1-18(2,3)31-17(29)26-8-7-11(9-13(26)15(27)30-4)24-16(28)25-12-5-6-14(23-10-12)19(20,21)22/h5-6,10-11,13H,7-9H2,1-4H3,(H2,24,25,28)/t11-,13-/m1/s1. The van der Waals surface area contributed by atoms with E-state index in [0.717, 1.165) is 18.3 Å². The molecule has 31 heavy (non-hydrogen) atoms. The molecule has 9 nitrogen and oxygen atoms in total. The van der Waals surface area contributed by atoms with Crippen LogP contribution in [0.4, 0.5) is 28.4 Å². The zero-order valence-electron chi connectivity index (χ0n) is 17.6. The summed E-state index contributed by atoms with van der Waals surface area (Å²) in [7, 11) is 1.19. The molecular weight excluding hydrogens is 421 g/mol. The van der Waals surface area contributed by atoms with Crippen molar-refractivity contribution in [2.75, 3.05) is 19.0 Å². The monoisotopic (exact) mass is 446 g/mol. The zero-order chi connectivity index (χ0) is 23.4. The lowest BCUT2D eigenvalue weighted by molar-refractivity contribution is -0.148. The third-order valence-corrected chi connectivity index (χ3v) is 4.35. The lowest BCUT2D eigenvalue weighted by atomic mass is 9.97. The lowest BCUT2D eigenvalue weighted by Crippen LogP contribution is -2.56. The molecule has 2 N–H and O–H groups in total. The molecular formula is C19H25F3N4O5. The highest BCUT2D eigenvalue weighted by Crippen LogP contribution is 2.28. The highest BCUT2D eigenvalue weighted by molar-refractivity contribution is 5.89. The molecule has 0 unspecified atom stereocenters. The average molecular weight is 446 g/mol. The smallest absolute Gasteiger partial charge is 0.433 e. The molecule has 0 aromatic carbocycles. The molecule has 0 saturated carbocycles. The number of halogens is 3. The van der Waals surface area contributed by atoms with E-state index >= 15 is 0 Å². The fourth-order valence-electron chi connectivity index (χ4n) is 2.98. The number of hydrogen-bond donors (Lipinski definition) is 2. The SMILES string of the molecule is COC(=O)[C@H]1C[C@H](NC(=O)Nc2ccc(C(F)(F)F)nc2)CCN1C(=O)OC(C)(C)C. The molecule has 3 amide bonds. The lowest BCUT2D eigenvalue weighted by Gasteiger charge is -2.38. The average Bonchev–Trinajstić information content (AvgIpc) is 2.65. The van der Waals surface area contributed by atoms with Gasteiger partial charge < -0.3 is 20.1 Å². The second-order valence-corrected chi connectivity index (χ2v) is 7.96. The summed E-state index contributed by atoms with van der Waals surface area (Å²) >= 11 is 0. The maximum Gasteiger partial charge on any atom is 0.433 e. The van der Waals surface area contributed by atoms with E-state index in [1.54, 1.807) is 20.8 Å². The largest absolute Gasteiger partial charge is 0.467 e. The van der Waals surface area contributed by atoms with E-state index in [-0.39, 0.29) is 18.7 Å². The first kappa shape index (κ1) is 24.2. The van der Waals surface area contributed by atoms with Crippen molar-refractivity contribution in [3.05, 3.63) is 24.0 Å². The second kappa shape index (κ2) is 9.40. The predicted molar refractivity (Wildman–Crippen MR) is 103 cm³/mol. The van der Waals surface area contributed by atoms with Crippen molar-refractivity contribution in [2.24, 2.45) is 0 Å². The number of hydrogen-bond acceptors (Lipinski definition) is 6. The number of piperidine rings is 1. The Morgan fingerprint density at radius 3 is 2.39 bits per heavy atom. The van der Waals surface area contributed by atoms with Crippen molar-refractivity contribution in [2.45, 2.75) is 57.5 Å². The molecule has 2 rings (SSSR count). The van der Waals surface area contributed by atoms with E-state index in [2.05, 4.69) is 15.6 Å². The van der Waals surface area contributed by atoms with Crippen LogP contribution in [0.1, 0.15) is 39.3 Å². The van der Waals surface area contributed by atoms with E-state index in [9.17, 15) is 27.6 Å². The molecule has 0 radical (unpaired) electrons. The number of pyridine rings is 1. The summed E-state index contributed by atoms with van der Waals surface area (Å²) in [6, 6.07) is -0.280. The van der Waals surface area contributed by atoms with Crippen LogP contribution in [0.5, 0.6) is 0 Å². The number of esters is 1. The van der Waals surface area contributed by atoms with Gasteiger partial charge in [0.05, 0.1) is 19.0 Å². The number of methoxy groups -OCH3 is 1. The molecule has 12 heteroatoms. The number of aromatic nitrogens is 1. The Balaban J connectivity index is 1.99. The maximum absolute atomic E-state index is 12.6. The van der Waals surface area contributed by atoms with Crippen LogP contribution in [0.15, 0.2) is 18.3 Å². The highest BCUT2D eigenvalue weighted by atomic mass is 19.4. The van der Waals surface area contributed by atoms with E-state index in [0.29, 0.717) is 6.42 Å². The molecule has 172 valence electrons. The Morgan fingerprint density at radius 1 is 1.19 bits per heavy atom. The molecule has 0 aliphatic carbocycles. The summed E-state index contributed by atoms with van der Waals surface area (Å²) in [6.07, 6.45) is -3.92. The van der Waals surface area contributed by atoms with Gasteiger partial charge >= 0.3 is 24.3 Å². The van der Waals surface area contributed by atoms with Crippen LogP contribution >= 0.6 is 0 Å². The van der Waals surface area contributed by atoms with Crippen molar-refractivity contribution in [3.8, 4) is 0 Å². The minimum absolute atomic E-state index is 0.0706. The van der Waals surface area contributed by atoms with Crippen LogP contribution in [-0.4, -0.2) is 59.3 Å². The molecule has 1 aliphatic rings. The molecule has 2 atom stereocenters. The van der Waals surface area contributed by atoms with Crippen LogP contribution < -0.4 is 10.6 Å². The molecule has 1 saturated heterocycles. The molecule has 1 aliphatic heterocycles. The van der Waals surface area contributed by atoms with Gasteiger partial charge in [-0.2, -0.15) is 13.2 Å². The van der Waals surface area contributed by atoms with Gasteiger partial charge in [0.1, 0.15) is 17.3 Å². The zero-order valence-corrected chi connectivity index (χ0v) is 17.6. The number of rotatable bonds is 3. The van der Waals surface area contributed by atoms with E-state index in [1.807, 2.05) is 0 Å². The highest BCUT2D eigenvalue weighted by Gasteiger charge is 2.39. The number of ether oxygens (including phenoxy) is 2. The number of nitrogens with zero attached hydrogens (tertiary/aromatic N) is 2. The fraction of sp³-hybridized carbons (Fsp3) is 0.579. The second-order valence-electron chi connectivity index (χ2n) is 7.96. The number of nitrogens with one attached hydrogen (secondary N) is 2. The minimum Gasteiger partial charge on any atom is -0.467 e. The Kier molecular flexibility index (Phi) is 7.34. The van der Waals surface area contributed by atoms with Crippen molar-refractivity contribution < 1.29 is 37.0 Å². The quantitative estimate of drug-likeness (QED) is 0.691. The van der Waals surface area contributed by atoms with Gasteiger partial charge in [-0.1, -0.05) is 0 Å². The number of alkyl halides is 3. The molecule has 1 aromatic rings.